The summed E-state index contributed by atoms with van der Waals surface area (Å²) in [6, 6.07) is 16.1. The van der Waals surface area contributed by atoms with Gasteiger partial charge in [0, 0.05) is 6.20 Å². The van der Waals surface area contributed by atoms with Crippen LogP contribution in [-0.4, -0.2) is 11.5 Å². The predicted octanol–water partition coefficient (Wildman–Crippen LogP) is 3.01. The van der Waals surface area contributed by atoms with Crippen molar-refractivity contribution >= 4 is 5.69 Å². The van der Waals surface area contributed by atoms with Gasteiger partial charge < -0.3 is 0 Å². The Balaban J connectivity index is 1.93. The molecule has 3 rings (SSSR count). The molecule has 0 radical (unpaired) electrons. The number of hydrogen-bond donors (Lipinski definition) is 0. The van der Waals surface area contributed by atoms with Gasteiger partial charge in [0.1, 0.15) is 6.04 Å². The van der Waals surface area contributed by atoms with E-state index in [1.165, 1.54) is 0 Å². The van der Waals surface area contributed by atoms with Crippen molar-refractivity contribution < 1.29 is 0 Å². The second-order valence-electron chi connectivity index (χ2n) is 3.86. The van der Waals surface area contributed by atoms with Gasteiger partial charge in [0.25, 0.3) is 0 Å². The van der Waals surface area contributed by atoms with E-state index in [0.717, 1.165) is 11.4 Å². The van der Waals surface area contributed by atoms with Gasteiger partial charge in [0.05, 0.1) is 17.9 Å². The molecular formula is C13H12N4. The molecule has 1 aliphatic rings. The van der Waals surface area contributed by atoms with E-state index in [1.54, 1.807) is 6.20 Å². The highest BCUT2D eigenvalue weighted by molar-refractivity contribution is 5.47. The smallest absolute Gasteiger partial charge is 0.118 e. The number of anilines is 1. The molecule has 4 nitrogen and oxygen atoms in total. The highest BCUT2D eigenvalue weighted by atomic mass is 15.6. The molecule has 2 aromatic rings. The first-order valence-corrected chi connectivity index (χ1v) is 5.58. The number of para-hydroxylation sites is 1. The zero-order chi connectivity index (χ0) is 11.5. The maximum Gasteiger partial charge on any atom is 0.118 e. The number of rotatable bonds is 2. The lowest BCUT2D eigenvalue weighted by Gasteiger charge is -2.20. The number of aromatic nitrogens is 1. The molecule has 84 valence electrons. The van der Waals surface area contributed by atoms with Crippen LogP contribution in [0.2, 0.25) is 0 Å². The second-order valence-corrected chi connectivity index (χ2v) is 3.86. The van der Waals surface area contributed by atoms with Crippen molar-refractivity contribution in [2.24, 2.45) is 10.3 Å². The summed E-state index contributed by atoms with van der Waals surface area (Å²) in [6.45, 7) is 0.659. The van der Waals surface area contributed by atoms with Gasteiger partial charge in [0.15, 0.2) is 0 Å². The first kappa shape index (κ1) is 9.96. The van der Waals surface area contributed by atoms with Crippen LogP contribution in [-0.2, 0) is 0 Å². The third kappa shape index (κ3) is 1.89. The summed E-state index contributed by atoms with van der Waals surface area (Å²) in [5, 5.41) is 10.2. The lowest BCUT2D eigenvalue weighted by atomic mass is 10.1. The van der Waals surface area contributed by atoms with Crippen molar-refractivity contribution in [3.63, 3.8) is 0 Å². The fourth-order valence-corrected chi connectivity index (χ4v) is 1.93. The van der Waals surface area contributed by atoms with Crippen molar-refractivity contribution in [2.75, 3.05) is 11.6 Å². The van der Waals surface area contributed by atoms with Gasteiger partial charge in [-0.05, 0) is 24.3 Å². The van der Waals surface area contributed by atoms with Crippen molar-refractivity contribution in [1.29, 1.82) is 0 Å². The molecule has 1 atom stereocenters. The molecule has 0 amide bonds. The lowest BCUT2D eigenvalue weighted by molar-refractivity contribution is 0.707. The van der Waals surface area contributed by atoms with E-state index in [4.69, 9.17) is 0 Å². The van der Waals surface area contributed by atoms with Crippen molar-refractivity contribution in [3.05, 3.63) is 60.4 Å². The van der Waals surface area contributed by atoms with Gasteiger partial charge >= 0.3 is 0 Å². The monoisotopic (exact) mass is 224 g/mol. The maximum atomic E-state index is 4.37. The fraction of sp³-hybridized carbons (Fsp3) is 0.154. The number of pyridine rings is 1. The Kier molecular flexibility index (Phi) is 2.54. The summed E-state index contributed by atoms with van der Waals surface area (Å²) < 4.78 is 0. The minimum Gasteiger partial charge on any atom is -0.259 e. The van der Waals surface area contributed by atoms with E-state index in [1.807, 2.05) is 53.5 Å². The molecule has 4 heteroatoms. The normalized spacial score (nSPS) is 18.6. The molecule has 0 spiro atoms. The molecule has 0 aliphatic carbocycles. The molecule has 2 heterocycles. The highest BCUT2D eigenvalue weighted by Gasteiger charge is 2.26. The quantitative estimate of drug-likeness (QED) is 0.786. The third-order valence-electron chi connectivity index (χ3n) is 2.76. The summed E-state index contributed by atoms with van der Waals surface area (Å²) in [4.78, 5) is 4.37. The molecule has 0 saturated heterocycles. The molecule has 0 bridgehead atoms. The molecule has 1 aromatic carbocycles. The summed E-state index contributed by atoms with van der Waals surface area (Å²) >= 11 is 0. The van der Waals surface area contributed by atoms with E-state index in [-0.39, 0.29) is 6.04 Å². The zero-order valence-corrected chi connectivity index (χ0v) is 9.27. The van der Waals surface area contributed by atoms with E-state index < -0.39 is 0 Å². The largest absolute Gasteiger partial charge is 0.259 e. The van der Waals surface area contributed by atoms with E-state index in [0.29, 0.717) is 6.54 Å². The first-order chi connectivity index (χ1) is 8.45. The SMILES string of the molecule is c1ccc(N2N=NC[C@H]2c2ccccn2)cc1. The fourth-order valence-electron chi connectivity index (χ4n) is 1.93. The Morgan fingerprint density at radius 3 is 2.59 bits per heavy atom. The van der Waals surface area contributed by atoms with Gasteiger partial charge in [-0.15, -0.1) is 0 Å². The maximum absolute atomic E-state index is 4.37. The van der Waals surface area contributed by atoms with Crippen molar-refractivity contribution in [3.8, 4) is 0 Å². The molecule has 0 saturated carbocycles. The van der Waals surface area contributed by atoms with Crippen LogP contribution in [0.1, 0.15) is 11.7 Å². The van der Waals surface area contributed by atoms with Crippen LogP contribution in [0.15, 0.2) is 65.1 Å². The van der Waals surface area contributed by atoms with Crippen molar-refractivity contribution in [1.82, 2.24) is 4.98 Å². The third-order valence-corrected chi connectivity index (χ3v) is 2.76. The number of benzene rings is 1. The van der Waals surface area contributed by atoms with Crippen LogP contribution >= 0.6 is 0 Å². The van der Waals surface area contributed by atoms with Crippen LogP contribution in [0, 0.1) is 0 Å². The summed E-state index contributed by atoms with van der Waals surface area (Å²) in [6.07, 6.45) is 1.80. The Bertz CT molecular complexity index is 509. The topological polar surface area (TPSA) is 40.9 Å². The van der Waals surface area contributed by atoms with E-state index in [9.17, 15) is 0 Å². The average molecular weight is 224 g/mol. The van der Waals surface area contributed by atoms with Crippen molar-refractivity contribution in [2.45, 2.75) is 6.04 Å². The van der Waals surface area contributed by atoms with Gasteiger partial charge in [-0.2, -0.15) is 5.11 Å². The Morgan fingerprint density at radius 1 is 1.00 bits per heavy atom. The minimum absolute atomic E-state index is 0.110. The minimum atomic E-state index is 0.110. The lowest BCUT2D eigenvalue weighted by Crippen LogP contribution is -2.21. The van der Waals surface area contributed by atoms with Gasteiger partial charge in [-0.25, -0.2) is 5.01 Å². The van der Waals surface area contributed by atoms with Gasteiger partial charge in [0.2, 0.25) is 0 Å². The number of hydrogen-bond acceptors (Lipinski definition) is 4. The van der Waals surface area contributed by atoms with Crippen LogP contribution in [0.3, 0.4) is 0 Å². The average Bonchev–Trinajstić information content (AvgIpc) is 2.90. The Hall–Kier alpha value is -2.23. The molecule has 17 heavy (non-hydrogen) atoms. The summed E-state index contributed by atoms with van der Waals surface area (Å²) in [5.74, 6) is 0. The predicted molar refractivity (Wildman–Crippen MR) is 65.6 cm³/mol. The molecule has 0 fully saturated rings. The first-order valence-electron chi connectivity index (χ1n) is 5.58. The number of nitrogens with zero attached hydrogens (tertiary/aromatic N) is 4. The molecule has 0 unspecified atom stereocenters. The zero-order valence-electron chi connectivity index (χ0n) is 9.27. The van der Waals surface area contributed by atoms with Crippen LogP contribution in [0.5, 0.6) is 0 Å². The standard InChI is InChI=1S/C13H12N4/c1-2-6-11(7-3-1)17-13(10-15-16-17)12-8-4-5-9-14-12/h1-9,13H,10H2/t13-/m0/s1. The van der Waals surface area contributed by atoms with Gasteiger partial charge in [-0.1, -0.05) is 29.5 Å². The molecule has 1 aromatic heterocycles. The van der Waals surface area contributed by atoms with Crippen LogP contribution in [0.4, 0.5) is 5.69 Å². The van der Waals surface area contributed by atoms with Crippen LogP contribution < -0.4 is 5.01 Å². The summed E-state index contributed by atoms with van der Waals surface area (Å²) in [7, 11) is 0. The highest BCUT2D eigenvalue weighted by Crippen LogP contribution is 2.30. The molecule has 0 N–H and O–H groups in total. The Labute approximate surface area is 99.6 Å². The van der Waals surface area contributed by atoms with Crippen LogP contribution in [0.25, 0.3) is 0 Å². The molecular weight excluding hydrogens is 212 g/mol. The van der Waals surface area contributed by atoms with Gasteiger partial charge in [-0.3, -0.25) is 4.98 Å². The summed E-state index contributed by atoms with van der Waals surface area (Å²) in [5.41, 5.74) is 2.05. The molecule has 1 aliphatic heterocycles. The second kappa shape index (κ2) is 4.33. The Morgan fingerprint density at radius 2 is 1.82 bits per heavy atom. The van der Waals surface area contributed by atoms with E-state index in [2.05, 4.69) is 15.3 Å². The van der Waals surface area contributed by atoms with E-state index >= 15 is 0 Å².